The third-order valence-corrected chi connectivity index (χ3v) is 3.62. The molecule has 0 heterocycles. The molecular formula is C17H34O2. The summed E-state index contributed by atoms with van der Waals surface area (Å²) in [5, 5.41) is 0. The molecule has 19 heavy (non-hydrogen) atoms. The molecule has 0 bridgehead atoms. The second kappa shape index (κ2) is 11.3. The summed E-state index contributed by atoms with van der Waals surface area (Å²) in [7, 11) is 0. The summed E-state index contributed by atoms with van der Waals surface area (Å²) in [5.41, 5.74) is 0. The van der Waals surface area contributed by atoms with Gasteiger partial charge in [-0.25, -0.2) is 0 Å². The van der Waals surface area contributed by atoms with Gasteiger partial charge in [0.2, 0.25) is 0 Å². The standard InChI is InChI=1S/C17H34O2/c1-6-8-15(5)12-16(9-7-2)13-19-17(18)11-10-14(3)4/h14-16H,6-13H2,1-5H3. The van der Waals surface area contributed by atoms with E-state index in [0.29, 0.717) is 24.9 Å². The number of ether oxygens (including phenoxy) is 1. The Hall–Kier alpha value is -0.530. The summed E-state index contributed by atoms with van der Waals surface area (Å²) < 4.78 is 5.45. The van der Waals surface area contributed by atoms with Crippen LogP contribution in [0.15, 0.2) is 0 Å². The van der Waals surface area contributed by atoms with Gasteiger partial charge in [-0.2, -0.15) is 0 Å². The van der Waals surface area contributed by atoms with E-state index in [1.165, 1.54) is 32.1 Å². The van der Waals surface area contributed by atoms with Gasteiger partial charge in [0.1, 0.15) is 0 Å². The molecule has 2 nitrogen and oxygen atoms in total. The average Bonchev–Trinajstić information content (AvgIpc) is 2.34. The fourth-order valence-corrected chi connectivity index (χ4v) is 2.55. The van der Waals surface area contributed by atoms with Gasteiger partial charge in [0.15, 0.2) is 0 Å². The second-order valence-electron chi connectivity index (χ2n) is 6.40. The van der Waals surface area contributed by atoms with Crippen LogP contribution < -0.4 is 0 Å². The molecule has 0 saturated carbocycles. The van der Waals surface area contributed by atoms with Gasteiger partial charge < -0.3 is 4.74 Å². The van der Waals surface area contributed by atoms with Crippen molar-refractivity contribution >= 4 is 5.97 Å². The number of carbonyl (C=O) groups is 1. The predicted molar refractivity (Wildman–Crippen MR) is 82.1 cm³/mol. The number of esters is 1. The molecule has 114 valence electrons. The number of rotatable bonds is 11. The van der Waals surface area contributed by atoms with E-state index in [-0.39, 0.29) is 5.97 Å². The quantitative estimate of drug-likeness (QED) is 0.482. The highest BCUT2D eigenvalue weighted by atomic mass is 16.5. The van der Waals surface area contributed by atoms with E-state index in [2.05, 4.69) is 34.6 Å². The molecule has 0 aromatic carbocycles. The number of hydrogen-bond donors (Lipinski definition) is 0. The van der Waals surface area contributed by atoms with Crippen LogP contribution in [0, 0.1) is 17.8 Å². The van der Waals surface area contributed by atoms with Gasteiger partial charge in [-0.05, 0) is 37.0 Å². The molecule has 0 aliphatic carbocycles. The zero-order valence-corrected chi connectivity index (χ0v) is 13.7. The molecule has 0 N–H and O–H groups in total. The first kappa shape index (κ1) is 18.5. The molecule has 0 aliphatic rings. The molecule has 2 atom stereocenters. The Morgan fingerprint density at radius 2 is 1.63 bits per heavy atom. The van der Waals surface area contributed by atoms with Crippen molar-refractivity contribution < 1.29 is 9.53 Å². The van der Waals surface area contributed by atoms with Gasteiger partial charge in [-0.3, -0.25) is 4.79 Å². The molecule has 0 fully saturated rings. The van der Waals surface area contributed by atoms with Crippen LogP contribution >= 0.6 is 0 Å². The molecule has 0 radical (unpaired) electrons. The van der Waals surface area contributed by atoms with E-state index in [9.17, 15) is 4.79 Å². The highest BCUT2D eigenvalue weighted by Gasteiger charge is 2.15. The largest absolute Gasteiger partial charge is 0.465 e. The van der Waals surface area contributed by atoms with Crippen molar-refractivity contribution in [3.8, 4) is 0 Å². The minimum atomic E-state index is -0.0158. The van der Waals surface area contributed by atoms with Crippen LogP contribution in [0.2, 0.25) is 0 Å². The summed E-state index contributed by atoms with van der Waals surface area (Å²) in [5.74, 6) is 1.85. The highest BCUT2D eigenvalue weighted by Crippen LogP contribution is 2.21. The van der Waals surface area contributed by atoms with Crippen molar-refractivity contribution in [2.24, 2.45) is 17.8 Å². The van der Waals surface area contributed by atoms with Crippen molar-refractivity contribution in [1.82, 2.24) is 0 Å². The first-order chi connectivity index (χ1) is 8.99. The molecule has 0 rings (SSSR count). The highest BCUT2D eigenvalue weighted by molar-refractivity contribution is 5.69. The van der Waals surface area contributed by atoms with E-state index < -0.39 is 0 Å². The molecule has 0 amide bonds. The molecule has 0 saturated heterocycles. The van der Waals surface area contributed by atoms with E-state index in [1.54, 1.807) is 0 Å². The van der Waals surface area contributed by atoms with E-state index in [4.69, 9.17) is 4.74 Å². The first-order valence-corrected chi connectivity index (χ1v) is 8.15. The maximum Gasteiger partial charge on any atom is 0.305 e. The normalized spacial score (nSPS) is 14.4. The summed E-state index contributed by atoms with van der Waals surface area (Å²) in [6.07, 6.45) is 7.57. The van der Waals surface area contributed by atoms with Crippen molar-refractivity contribution in [2.75, 3.05) is 6.61 Å². The molecule has 2 unspecified atom stereocenters. The van der Waals surface area contributed by atoms with Gasteiger partial charge in [0, 0.05) is 6.42 Å². The zero-order valence-electron chi connectivity index (χ0n) is 13.7. The van der Waals surface area contributed by atoms with Gasteiger partial charge in [0.05, 0.1) is 6.61 Å². The third-order valence-electron chi connectivity index (χ3n) is 3.62. The van der Waals surface area contributed by atoms with Crippen molar-refractivity contribution in [3.63, 3.8) is 0 Å². The van der Waals surface area contributed by atoms with Crippen molar-refractivity contribution in [1.29, 1.82) is 0 Å². The van der Waals surface area contributed by atoms with Gasteiger partial charge >= 0.3 is 5.97 Å². The lowest BCUT2D eigenvalue weighted by Gasteiger charge is -2.20. The summed E-state index contributed by atoms with van der Waals surface area (Å²) >= 11 is 0. The van der Waals surface area contributed by atoms with Crippen LogP contribution in [0.3, 0.4) is 0 Å². The summed E-state index contributed by atoms with van der Waals surface area (Å²) in [6.45, 7) is 11.7. The van der Waals surface area contributed by atoms with Crippen LogP contribution in [0.25, 0.3) is 0 Å². The Morgan fingerprint density at radius 3 is 2.16 bits per heavy atom. The fraction of sp³-hybridized carbons (Fsp3) is 0.941. The van der Waals surface area contributed by atoms with Crippen LogP contribution in [-0.4, -0.2) is 12.6 Å². The Morgan fingerprint density at radius 1 is 1.00 bits per heavy atom. The lowest BCUT2D eigenvalue weighted by Crippen LogP contribution is -2.17. The van der Waals surface area contributed by atoms with Crippen molar-refractivity contribution in [3.05, 3.63) is 0 Å². The molecule has 2 heteroatoms. The Kier molecular flexibility index (Phi) is 11.0. The second-order valence-corrected chi connectivity index (χ2v) is 6.40. The predicted octanol–water partition coefficient (Wildman–Crippen LogP) is 5.21. The minimum Gasteiger partial charge on any atom is -0.465 e. The van der Waals surface area contributed by atoms with E-state index in [0.717, 1.165) is 12.3 Å². The van der Waals surface area contributed by atoms with Gasteiger partial charge in [0.25, 0.3) is 0 Å². The Bertz CT molecular complexity index is 223. The van der Waals surface area contributed by atoms with Crippen LogP contribution in [-0.2, 0) is 9.53 Å². The Balaban J connectivity index is 3.95. The summed E-state index contributed by atoms with van der Waals surface area (Å²) in [4.78, 5) is 11.6. The smallest absolute Gasteiger partial charge is 0.305 e. The molecule has 0 aromatic heterocycles. The van der Waals surface area contributed by atoms with Crippen LogP contribution in [0.1, 0.15) is 79.6 Å². The first-order valence-electron chi connectivity index (χ1n) is 8.15. The average molecular weight is 270 g/mol. The summed E-state index contributed by atoms with van der Waals surface area (Å²) in [6, 6.07) is 0. The van der Waals surface area contributed by atoms with Crippen LogP contribution in [0.5, 0.6) is 0 Å². The van der Waals surface area contributed by atoms with E-state index >= 15 is 0 Å². The number of hydrogen-bond acceptors (Lipinski definition) is 2. The molecular weight excluding hydrogens is 236 g/mol. The lowest BCUT2D eigenvalue weighted by molar-refractivity contribution is -0.145. The Labute approximate surface area is 120 Å². The van der Waals surface area contributed by atoms with Crippen molar-refractivity contribution in [2.45, 2.75) is 79.6 Å². The van der Waals surface area contributed by atoms with E-state index in [1.807, 2.05) is 0 Å². The lowest BCUT2D eigenvalue weighted by atomic mass is 9.90. The molecule has 0 spiro atoms. The topological polar surface area (TPSA) is 26.3 Å². The van der Waals surface area contributed by atoms with Gasteiger partial charge in [-0.1, -0.05) is 53.9 Å². The zero-order chi connectivity index (χ0) is 14.7. The minimum absolute atomic E-state index is 0.0158. The number of carbonyl (C=O) groups excluding carboxylic acids is 1. The molecule has 0 aliphatic heterocycles. The maximum atomic E-state index is 11.6. The molecule has 0 aromatic rings. The third kappa shape index (κ3) is 11.0. The van der Waals surface area contributed by atoms with Gasteiger partial charge in [-0.15, -0.1) is 0 Å². The van der Waals surface area contributed by atoms with Crippen LogP contribution in [0.4, 0.5) is 0 Å². The maximum absolute atomic E-state index is 11.6. The SMILES string of the molecule is CCCC(C)CC(CCC)COC(=O)CCC(C)C. The fourth-order valence-electron chi connectivity index (χ4n) is 2.55. The monoisotopic (exact) mass is 270 g/mol.